The average molecular weight is 454 g/mol. The Kier molecular flexibility index (Phi) is 7.85. The van der Waals surface area contributed by atoms with E-state index in [0.29, 0.717) is 0 Å². The molecule has 1 atom stereocenters. The van der Waals surface area contributed by atoms with Crippen molar-refractivity contribution in [3.63, 3.8) is 0 Å². The molecule has 0 radical (unpaired) electrons. The van der Waals surface area contributed by atoms with E-state index < -0.39 is 0 Å². The van der Waals surface area contributed by atoms with Gasteiger partial charge in [-0.25, -0.2) is 0 Å². The van der Waals surface area contributed by atoms with Crippen LogP contribution in [0.1, 0.15) is 21.5 Å². The zero-order valence-corrected chi connectivity index (χ0v) is 20.0. The number of aryl methyl sites for hydroxylation is 1. The van der Waals surface area contributed by atoms with Crippen molar-refractivity contribution in [2.24, 2.45) is 0 Å². The molecular formula is C26H35N3O4. The molecule has 2 heterocycles. The van der Waals surface area contributed by atoms with Crippen molar-refractivity contribution in [2.75, 3.05) is 66.6 Å². The normalized spacial score (nSPS) is 20.0. The number of methoxy groups -OCH3 is 2. The second kappa shape index (κ2) is 11.0. The molecule has 0 spiro atoms. The van der Waals surface area contributed by atoms with E-state index in [-0.39, 0.29) is 12.0 Å². The zero-order valence-electron chi connectivity index (χ0n) is 20.0. The van der Waals surface area contributed by atoms with Crippen molar-refractivity contribution in [1.29, 1.82) is 0 Å². The van der Waals surface area contributed by atoms with E-state index in [1.807, 2.05) is 42.2 Å². The minimum absolute atomic E-state index is 0.128. The lowest BCUT2D eigenvalue weighted by molar-refractivity contribution is -0.0497. The molecule has 0 aromatic heterocycles. The zero-order chi connectivity index (χ0) is 23.2. The maximum atomic E-state index is 12.8. The molecular weight excluding hydrogens is 418 g/mol. The lowest BCUT2D eigenvalue weighted by Crippen LogP contribution is -2.53. The highest BCUT2D eigenvalue weighted by Gasteiger charge is 2.27. The number of hydrogen-bond donors (Lipinski definition) is 0. The first-order valence-corrected chi connectivity index (χ1v) is 11.7. The topological polar surface area (TPSA) is 54.5 Å². The summed E-state index contributed by atoms with van der Waals surface area (Å²) in [7, 11) is 3.36. The van der Waals surface area contributed by atoms with Crippen molar-refractivity contribution >= 4 is 5.91 Å². The second-order valence-electron chi connectivity index (χ2n) is 8.91. The van der Waals surface area contributed by atoms with Gasteiger partial charge in [0.25, 0.3) is 5.91 Å². The number of amides is 1. The third-order valence-electron chi connectivity index (χ3n) is 6.46. The third-order valence-corrected chi connectivity index (χ3v) is 6.46. The number of morpholine rings is 1. The van der Waals surface area contributed by atoms with Crippen LogP contribution in [0.5, 0.6) is 11.5 Å². The van der Waals surface area contributed by atoms with E-state index >= 15 is 0 Å². The van der Waals surface area contributed by atoms with Crippen LogP contribution in [0.2, 0.25) is 0 Å². The largest absolute Gasteiger partial charge is 0.497 e. The number of carbonyl (C=O) groups excluding carboxylic acids is 1. The second-order valence-corrected chi connectivity index (χ2v) is 8.91. The first-order chi connectivity index (χ1) is 16.0. The van der Waals surface area contributed by atoms with Crippen LogP contribution in [0.15, 0.2) is 42.5 Å². The van der Waals surface area contributed by atoms with Gasteiger partial charge in [-0.05, 0) is 36.8 Å². The van der Waals surface area contributed by atoms with Crippen LogP contribution < -0.4 is 9.47 Å². The number of nitrogens with zero attached hydrogens (tertiary/aromatic N) is 3. The Morgan fingerprint density at radius 2 is 1.61 bits per heavy atom. The molecule has 0 aliphatic carbocycles. The number of hydrogen-bond acceptors (Lipinski definition) is 6. The predicted octanol–water partition coefficient (Wildman–Crippen LogP) is 2.67. The molecule has 2 saturated heterocycles. The Balaban J connectivity index is 1.26. The number of piperazine rings is 1. The molecule has 4 rings (SSSR count). The van der Waals surface area contributed by atoms with E-state index in [9.17, 15) is 4.79 Å². The summed E-state index contributed by atoms with van der Waals surface area (Å²) in [6, 6.07) is 13.9. The van der Waals surface area contributed by atoms with Gasteiger partial charge in [-0.2, -0.15) is 0 Å². The molecule has 178 valence electrons. The van der Waals surface area contributed by atoms with Gasteiger partial charge in [0.2, 0.25) is 0 Å². The first-order valence-electron chi connectivity index (χ1n) is 11.7. The van der Waals surface area contributed by atoms with Crippen LogP contribution in [0.4, 0.5) is 0 Å². The molecule has 0 N–H and O–H groups in total. The van der Waals surface area contributed by atoms with Gasteiger partial charge >= 0.3 is 0 Å². The Morgan fingerprint density at radius 3 is 2.24 bits per heavy atom. The lowest BCUT2D eigenvalue weighted by Gasteiger charge is -2.39. The predicted molar refractivity (Wildman–Crippen MR) is 128 cm³/mol. The molecule has 0 bridgehead atoms. The SMILES string of the molecule is COc1cc(CN2CCO[C@H](CN3CCN(C(=O)c4ccc(C)cc4)CC3)C2)cc(OC)c1. The van der Waals surface area contributed by atoms with E-state index in [1.165, 1.54) is 11.1 Å². The van der Waals surface area contributed by atoms with Crippen molar-refractivity contribution < 1.29 is 19.0 Å². The maximum absolute atomic E-state index is 12.8. The molecule has 2 aromatic carbocycles. The van der Waals surface area contributed by atoms with E-state index in [0.717, 1.165) is 76.0 Å². The van der Waals surface area contributed by atoms with Gasteiger partial charge in [0, 0.05) is 64.0 Å². The fraction of sp³-hybridized carbons (Fsp3) is 0.500. The summed E-state index contributed by atoms with van der Waals surface area (Å²) in [4.78, 5) is 19.6. The molecule has 1 amide bonds. The number of rotatable bonds is 7. The van der Waals surface area contributed by atoms with Gasteiger partial charge in [0.05, 0.1) is 26.9 Å². The maximum Gasteiger partial charge on any atom is 0.253 e. The van der Waals surface area contributed by atoms with E-state index in [4.69, 9.17) is 14.2 Å². The summed E-state index contributed by atoms with van der Waals surface area (Å²) in [5.74, 6) is 1.75. The van der Waals surface area contributed by atoms with Gasteiger partial charge in [-0.1, -0.05) is 17.7 Å². The highest BCUT2D eigenvalue weighted by molar-refractivity contribution is 5.94. The quantitative estimate of drug-likeness (QED) is 0.643. The number of benzene rings is 2. The third kappa shape index (κ3) is 6.25. The summed E-state index contributed by atoms with van der Waals surface area (Å²) in [5, 5.41) is 0. The molecule has 0 unspecified atom stereocenters. The standard InChI is InChI=1S/C26H35N3O4/c1-20-4-6-22(7-5-20)26(30)29-10-8-27(9-11-29)18-25-19-28(12-13-33-25)17-21-14-23(31-2)16-24(15-21)32-3/h4-7,14-16,25H,8-13,17-19H2,1-3H3/t25-/m1/s1. The van der Waals surface area contributed by atoms with Crippen LogP contribution in [0.25, 0.3) is 0 Å². The minimum Gasteiger partial charge on any atom is -0.497 e. The Labute approximate surface area is 196 Å². The Morgan fingerprint density at radius 1 is 0.939 bits per heavy atom. The van der Waals surface area contributed by atoms with Gasteiger partial charge < -0.3 is 19.1 Å². The summed E-state index contributed by atoms with van der Waals surface area (Å²) < 4.78 is 16.9. The first kappa shape index (κ1) is 23.5. The van der Waals surface area contributed by atoms with Crippen LogP contribution in [0, 0.1) is 6.92 Å². The van der Waals surface area contributed by atoms with Crippen LogP contribution >= 0.6 is 0 Å². The smallest absolute Gasteiger partial charge is 0.253 e. The van der Waals surface area contributed by atoms with Gasteiger partial charge in [-0.15, -0.1) is 0 Å². The van der Waals surface area contributed by atoms with Crippen LogP contribution in [0.3, 0.4) is 0 Å². The monoisotopic (exact) mass is 453 g/mol. The van der Waals surface area contributed by atoms with E-state index in [2.05, 4.69) is 21.9 Å². The summed E-state index contributed by atoms with van der Waals surface area (Å²) in [5.41, 5.74) is 3.12. The van der Waals surface area contributed by atoms with Crippen LogP contribution in [-0.4, -0.2) is 93.4 Å². The highest BCUT2D eigenvalue weighted by Crippen LogP contribution is 2.24. The Hall–Kier alpha value is -2.61. The van der Waals surface area contributed by atoms with E-state index in [1.54, 1.807) is 14.2 Å². The van der Waals surface area contributed by atoms with Gasteiger partial charge in [-0.3, -0.25) is 14.6 Å². The fourth-order valence-corrected chi connectivity index (χ4v) is 4.55. The number of carbonyl (C=O) groups is 1. The molecule has 0 saturated carbocycles. The van der Waals surface area contributed by atoms with Crippen molar-refractivity contribution in [3.05, 3.63) is 59.2 Å². The molecule has 2 fully saturated rings. The Bertz CT molecular complexity index is 903. The van der Waals surface area contributed by atoms with Gasteiger partial charge in [0.1, 0.15) is 11.5 Å². The molecule has 7 nitrogen and oxygen atoms in total. The summed E-state index contributed by atoms with van der Waals surface area (Å²) >= 11 is 0. The summed E-state index contributed by atoms with van der Waals surface area (Å²) in [6.07, 6.45) is 0.172. The van der Waals surface area contributed by atoms with Crippen molar-refractivity contribution in [1.82, 2.24) is 14.7 Å². The molecule has 2 aliphatic rings. The molecule has 33 heavy (non-hydrogen) atoms. The van der Waals surface area contributed by atoms with Gasteiger partial charge in [0.15, 0.2) is 0 Å². The number of ether oxygens (including phenoxy) is 3. The van der Waals surface area contributed by atoms with Crippen LogP contribution in [-0.2, 0) is 11.3 Å². The fourth-order valence-electron chi connectivity index (χ4n) is 4.55. The molecule has 7 heteroatoms. The summed E-state index contributed by atoms with van der Waals surface area (Å²) in [6.45, 7) is 9.58. The molecule has 2 aromatic rings. The highest BCUT2D eigenvalue weighted by atomic mass is 16.5. The van der Waals surface area contributed by atoms with Crippen molar-refractivity contribution in [2.45, 2.75) is 19.6 Å². The average Bonchev–Trinajstić information content (AvgIpc) is 2.84. The lowest BCUT2D eigenvalue weighted by atomic mass is 10.1. The minimum atomic E-state index is 0.128. The van der Waals surface area contributed by atoms with Crippen molar-refractivity contribution in [3.8, 4) is 11.5 Å². The molecule has 2 aliphatic heterocycles.